The summed E-state index contributed by atoms with van der Waals surface area (Å²) in [5.41, 5.74) is 3.00. The van der Waals surface area contributed by atoms with E-state index in [0.717, 1.165) is 5.56 Å². The number of rotatable bonds is 5. The van der Waals surface area contributed by atoms with Crippen LogP contribution in [0.1, 0.15) is 16.1 Å². The lowest BCUT2D eigenvalue weighted by molar-refractivity contribution is 0.0946. The Hall–Kier alpha value is -2.08. The minimum atomic E-state index is -0.184. The van der Waals surface area contributed by atoms with Gasteiger partial charge in [0.15, 0.2) is 11.5 Å². The molecule has 0 saturated heterocycles. The number of nitrogens with zero attached hydrogens (tertiary/aromatic N) is 1. The Kier molecular flexibility index (Phi) is 4.35. The molecule has 0 aliphatic carbocycles. The van der Waals surface area contributed by atoms with E-state index in [1.54, 1.807) is 25.1 Å². The SMILES string of the molecule is COc1ccc(CNC(=O)c2cscn2)cc1OC. The monoisotopic (exact) mass is 278 g/mol. The summed E-state index contributed by atoms with van der Waals surface area (Å²) in [5.74, 6) is 1.12. The third-order valence-corrected chi connectivity index (χ3v) is 3.15. The van der Waals surface area contributed by atoms with Crippen molar-refractivity contribution in [3.8, 4) is 11.5 Å². The smallest absolute Gasteiger partial charge is 0.271 e. The highest BCUT2D eigenvalue weighted by Gasteiger charge is 2.08. The Morgan fingerprint density at radius 2 is 2.11 bits per heavy atom. The number of ether oxygens (including phenoxy) is 2. The van der Waals surface area contributed by atoms with E-state index in [9.17, 15) is 4.79 Å². The number of amides is 1. The lowest BCUT2D eigenvalue weighted by Gasteiger charge is -2.10. The number of carbonyl (C=O) groups excluding carboxylic acids is 1. The van der Waals surface area contributed by atoms with E-state index in [0.29, 0.717) is 23.7 Å². The van der Waals surface area contributed by atoms with Gasteiger partial charge in [-0.25, -0.2) is 4.98 Å². The minimum Gasteiger partial charge on any atom is -0.493 e. The van der Waals surface area contributed by atoms with E-state index in [1.165, 1.54) is 11.3 Å². The first kappa shape index (κ1) is 13.4. The Labute approximate surface area is 115 Å². The maximum atomic E-state index is 11.7. The lowest BCUT2D eigenvalue weighted by atomic mass is 10.2. The van der Waals surface area contributed by atoms with E-state index in [-0.39, 0.29) is 5.91 Å². The predicted octanol–water partition coefficient (Wildman–Crippen LogP) is 2.09. The van der Waals surface area contributed by atoms with Gasteiger partial charge in [-0.15, -0.1) is 11.3 Å². The van der Waals surface area contributed by atoms with Crippen LogP contribution in [-0.2, 0) is 6.54 Å². The van der Waals surface area contributed by atoms with Crippen LogP contribution in [-0.4, -0.2) is 25.1 Å². The van der Waals surface area contributed by atoms with Crippen molar-refractivity contribution in [3.63, 3.8) is 0 Å². The Morgan fingerprint density at radius 1 is 1.32 bits per heavy atom. The van der Waals surface area contributed by atoms with Crippen molar-refractivity contribution in [3.05, 3.63) is 40.3 Å². The van der Waals surface area contributed by atoms with E-state index in [2.05, 4.69) is 10.3 Å². The van der Waals surface area contributed by atoms with Crippen LogP contribution in [0.4, 0.5) is 0 Å². The number of hydrogen-bond donors (Lipinski definition) is 1. The average molecular weight is 278 g/mol. The van der Waals surface area contributed by atoms with E-state index in [4.69, 9.17) is 9.47 Å². The predicted molar refractivity (Wildman–Crippen MR) is 72.8 cm³/mol. The first-order valence-corrected chi connectivity index (χ1v) is 6.56. The Balaban J connectivity index is 2.02. The van der Waals surface area contributed by atoms with Crippen LogP contribution in [0.15, 0.2) is 29.1 Å². The second-order valence-corrected chi connectivity index (χ2v) is 4.46. The fourth-order valence-electron chi connectivity index (χ4n) is 1.59. The highest BCUT2D eigenvalue weighted by Crippen LogP contribution is 2.27. The van der Waals surface area contributed by atoms with E-state index in [1.807, 2.05) is 18.2 Å². The zero-order valence-corrected chi connectivity index (χ0v) is 11.5. The zero-order chi connectivity index (χ0) is 13.7. The lowest BCUT2D eigenvalue weighted by Crippen LogP contribution is -2.23. The number of carbonyl (C=O) groups is 1. The second-order valence-electron chi connectivity index (χ2n) is 3.75. The fourth-order valence-corrected chi connectivity index (χ4v) is 2.12. The van der Waals surface area contributed by atoms with Crippen LogP contribution < -0.4 is 14.8 Å². The summed E-state index contributed by atoms with van der Waals surface area (Å²) >= 11 is 1.39. The molecule has 1 N–H and O–H groups in total. The number of aromatic nitrogens is 1. The van der Waals surface area contributed by atoms with Crippen molar-refractivity contribution in [2.45, 2.75) is 6.54 Å². The topological polar surface area (TPSA) is 60.5 Å². The summed E-state index contributed by atoms with van der Waals surface area (Å²) in [5, 5.41) is 4.51. The van der Waals surface area contributed by atoms with Gasteiger partial charge in [0.05, 0.1) is 19.7 Å². The van der Waals surface area contributed by atoms with Gasteiger partial charge in [-0.1, -0.05) is 6.07 Å². The van der Waals surface area contributed by atoms with Crippen LogP contribution in [0.5, 0.6) is 11.5 Å². The molecule has 1 heterocycles. The average Bonchev–Trinajstić information content (AvgIpc) is 2.98. The van der Waals surface area contributed by atoms with Crippen molar-refractivity contribution >= 4 is 17.2 Å². The van der Waals surface area contributed by atoms with Crippen molar-refractivity contribution in [2.75, 3.05) is 14.2 Å². The van der Waals surface area contributed by atoms with Crippen LogP contribution in [0.25, 0.3) is 0 Å². The van der Waals surface area contributed by atoms with Gasteiger partial charge in [0.2, 0.25) is 0 Å². The highest BCUT2D eigenvalue weighted by molar-refractivity contribution is 7.07. The molecule has 0 fully saturated rings. The third-order valence-electron chi connectivity index (χ3n) is 2.57. The van der Waals surface area contributed by atoms with Crippen molar-refractivity contribution < 1.29 is 14.3 Å². The number of nitrogens with one attached hydrogen (secondary N) is 1. The summed E-state index contributed by atoms with van der Waals surface area (Å²) in [6, 6.07) is 5.52. The summed E-state index contributed by atoms with van der Waals surface area (Å²) in [4.78, 5) is 15.7. The molecule has 2 rings (SSSR count). The highest BCUT2D eigenvalue weighted by atomic mass is 32.1. The van der Waals surface area contributed by atoms with Crippen LogP contribution >= 0.6 is 11.3 Å². The Bertz CT molecular complexity index is 555. The normalized spacial score (nSPS) is 10.0. The molecule has 0 bridgehead atoms. The van der Waals surface area contributed by atoms with E-state index >= 15 is 0 Å². The minimum absolute atomic E-state index is 0.184. The second kappa shape index (κ2) is 6.19. The number of methoxy groups -OCH3 is 2. The van der Waals surface area contributed by atoms with Gasteiger partial charge < -0.3 is 14.8 Å². The maximum absolute atomic E-state index is 11.7. The molecule has 0 unspecified atom stereocenters. The largest absolute Gasteiger partial charge is 0.493 e. The molecule has 0 radical (unpaired) electrons. The molecule has 0 spiro atoms. The summed E-state index contributed by atoms with van der Waals surface area (Å²) in [7, 11) is 3.16. The fraction of sp³-hybridized carbons (Fsp3) is 0.231. The molecule has 5 nitrogen and oxygen atoms in total. The van der Waals surface area contributed by atoms with Crippen molar-refractivity contribution in [1.29, 1.82) is 0 Å². The molecule has 19 heavy (non-hydrogen) atoms. The van der Waals surface area contributed by atoms with Gasteiger partial charge in [-0.05, 0) is 17.7 Å². The molecule has 100 valence electrons. The standard InChI is InChI=1S/C13H14N2O3S/c1-17-11-4-3-9(5-12(11)18-2)6-14-13(16)10-7-19-8-15-10/h3-5,7-8H,6H2,1-2H3,(H,14,16). The zero-order valence-electron chi connectivity index (χ0n) is 10.7. The Morgan fingerprint density at radius 3 is 2.74 bits per heavy atom. The summed E-state index contributed by atoms with van der Waals surface area (Å²) in [6.07, 6.45) is 0. The van der Waals surface area contributed by atoms with Gasteiger partial charge in [-0.2, -0.15) is 0 Å². The summed E-state index contributed by atoms with van der Waals surface area (Å²) < 4.78 is 10.4. The molecule has 1 amide bonds. The summed E-state index contributed by atoms with van der Waals surface area (Å²) in [6.45, 7) is 0.413. The molecule has 0 aliphatic heterocycles. The first-order chi connectivity index (χ1) is 9.24. The van der Waals surface area contributed by atoms with Crippen LogP contribution in [0, 0.1) is 0 Å². The third kappa shape index (κ3) is 3.23. The molecule has 0 saturated carbocycles. The molecule has 0 aliphatic rings. The molecule has 0 atom stereocenters. The van der Waals surface area contributed by atoms with Crippen molar-refractivity contribution in [1.82, 2.24) is 10.3 Å². The quantitative estimate of drug-likeness (QED) is 0.909. The number of thiazole rings is 1. The van der Waals surface area contributed by atoms with Gasteiger partial charge in [0, 0.05) is 11.9 Å². The molecule has 2 aromatic rings. The van der Waals surface area contributed by atoms with Crippen LogP contribution in [0.3, 0.4) is 0 Å². The molecule has 6 heteroatoms. The van der Waals surface area contributed by atoms with Gasteiger partial charge in [0.1, 0.15) is 5.69 Å². The van der Waals surface area contributed by atoms with Gasteiger partial charge in [0.25, 0.3) is 5.91 Å². The van der Waals surface area contributed by atoms with Crippen LogP contribution in [0.2, 0.25) is 0 Å². The first-order valence-electron chi connectivity index (χ1n) is 5.62. The number of benzene rings is 1. The molecule has 1 aromatic carbocycles. The molecular formula is C13H14N2O3S. The molecule has 1 aromatic heterocycles. The van der Waals surface area contributed by atoms with Gasteiger partial charge >= 0.3 is 0 Å². The molecular weight excluding hydrogens is 264 g/mol. The maximum Gasteiger partial charge on any atom is 0.271 e. The van der Waals surface area contributed by atoms with E-state index < -0.39 is 0 Å². The number of hydrogen-bond acceptors (Lipinski definition) is 5. The van der Waals surface area contributed by atoms with Gasteiger partial charge in [-0.3, -0.25) is 4.79 Å². The van der Waals surface area contributed by atoms with Crippen molar-refractivity contribution in [2.24, 2.45) is 0 Å².